The van der Waals surface area contributed by atoms with Gasteiger partial charge in [0.05, 0.1) is 18.9 Å². The summed E-state index contributed by atoms with van der Waals surface area (Å²) in [7, 11) is 0. The minimum atomic E-state index is 0.141. The Kier molecular flexibility index (Phi) is 7.27. The van der Waals surface area contributed by atoms with E-state index in [1.807, 2.05) is 50.2 Å². The second-order valence-corrected chi connectivity index (χ2v) is 6.79. The molecule has 3 aromatic rings. The Hall–Kier alpha value is -3.29. The van der Waals surface area contributed by atoms with Gasteiger partial charge in [-0.2, -0.15) is 4.98 Å². The van der Waals surface area contributed by atoms with E-state index in [9.17, 15) is 0 Å². The summed E-state index contributed by atoms with van der Waals surface area (Å²) >= 11 is 0. The van der Waals surface area contributed by atoms with Crippen LogP contribution in [-0.2, 0) is 12.8 Å². The van der Waals surface area contributed by atoms with Crippen molar-refractivity contribution in [1.82, 2.24) is 15.5 Å². The number of rotatable bonds is 9. The molecule has 0 radical (unpaired) electrons. The van der Waals surface area contributed by atoms with Gasteiger partial charge in [-0.05, 0) is 57.2 Å². The van der Waals surface area contributed by atoms with E-state index in [0.29, 0.717) is 37.2 Å². The third-order valence-electron chi connectivity index (χ3n) is 3.90. The van der Waals surface area contributed by atoms with Crippen molar-refractivity contribution in [2.24, 2.45) is 4.99 Å². The van der Waals surface area contributed by atoms with Gasteiger partial charge >= 0.3 is 0 Å². The van der Waals surface area contributed by atoms with Gasteiger partial charge in [-0.25, -0.2) is 0 Å². The van der Waals surface area contributed by atoms with E-state index in [1.165, 1.54) is 0 Å². The molecule has 8 nitrogen and oxygen atoms in total. The van der Waals surface area contributed by atoms with E-state index in [4.69, 9.17) is 13.7 Å². The summed E-state index contributed by atoms with van der Waals surface area (Å²) in [4.78, 5) is 8.82. The Morgan fingerprint density at radius 1 is 1.17 bits per heavy atom. The Balaban J connectivity index is 1.59. The van der Waals surface area contributed by atoms with Crippen molar-refractivity contribution in [3.63, 3.8) is 0 Å². The summed E-state index contributed by atoms with van der Waals surface area (Å²) in [6.07, 6.45) is 3.16. The molecule has 0 aliphatic carbocycles. The molecule has 0 spiro atoms. The molecule has 0 aliphatic rings. The Bertz CT molecular complexity index is 885. The topological polar surface area (TPSA) is 97.7 Å². The van der Waals surface area contributed by atoms with Crippen LogP contribution in [0.5, 0.6) is 5.75 Å². The monoisotopic (exact) mass is 397 g/mol. The number of aliphatic imine (C=N–C) groups is 1. The highest BCUT2D eigenvalue weighted by atomic mass is 16.5. The average Bonchev–Trinajstić information content (AvgIpc) is 3.34. The first-order chi connectivity index (χ1) is 14.1. The molecule has 154 valence electrons. The minimum absolute atomic E-state index is 0.141. The molecular formula is C21H27N5O3. The fraction of sp³-hybridized carbons (Fsp3) is 0.381. The lowest BCUT2D eigenvalue weighted by Gasteiger charge is -2.14. The van der Waals surface area contributed by atoms with Gasteiger partial charge in [0, 0.05) is 25.1 Å². The average molecular weight is 397 g/mol. The molecule has 0 atom stereocenters. The van der Waals surface area contributed by atoms with E-state index in [-0.39, 0.29) is 6.10 Å². The molecule has 29 heavy (non-hydrogen) atoms. The smallest absolute Gasteiger partial charge is 0.228 e. The summed E-state index contributed by atoms with van der Waals surface area (Å²) in [5, 5.41) is 10.4. The van der Waals surface area contributed by atoms with Crippen LogP contribution in [0, 0.1) is 6.92 Å². The van der Waals surface area contributed by atoms with Crippen LogP contribution >= 0.6 is 0 Å². The summed E-state index contributed by atoms with van der Waals surface area (Å²) in [6, 6.07) is 11.6. The second kappa shape index (κ2) is 10.3. The summed E-state index contributed by atoms with van der Waals surface area (Å²) in [5.41, 5.74) is 0.916. The number of hydrogen-bond acceptors (Lipinski definition) is 6. The Morgan fingerprint density at radius 3 is 2.66 bits per heavy atom. The van der Waals surface area contributed by atoms with Crippen molar-refractivity contribution >= 4 is 11.6 Å². The second-order valence-electron chi connectivity index (χ2n) is 6.79. The van der Waals surface area contributed by atoms with Crippen LogP contribution in [0.1, 0.15) is 31.3 Å². The van der Waals surface area contributed by atoms with Crippen LogP contribution in [0.25, 0.3) is 0 Å². The summed E-state index contributed by atoms with van der Waals surface area (Å²) in [5.74, 6) is 3.64. The van der Waals surface area contributed by atoms with E-state index in [0.717, 1.165) is 23.6 Å². The Morgan fingerprint density at radius 2 is 2.00 bits per heavy atom. The van der Waals surface area contributed by atoms with Gasteiger partial charge in [0.2, 0.25) is 5.89 Å². The fourth-order valence-electron chi connectivity index (χ4n) is 2.63. The summed E-state index contributed by atoms with van der Waals surface area (Å²) in [6.45, 7) is 7.02. The quantitative estimate of drug-likeness (QED) is 0.420. The van der Waals surface area contributed by atoms with Gasteiger partial charge in [0.15, 0.2) is 11.8 Å². The van der Waals surface area contributed by atoms with Gasteiger partial charge in [0.1, 0.15) is 11.5 Å². The molecule has 0 saturated heterocycles. The lowest BCUT2D eigenvalue weighted by molar-refractivity contribution is 0.242. The maximum Gasteiger partial charge on any atom is 0.228 e. The predicted molar refractivity (Wildman–Crippen MR) is 111 cm³/mol. The van der Waals surface area contributed by atoms with Crippen molar-refractivity contribution in [2.75, 3.05) is 18.4 Å². The highest BCUT2D eigenvalue weighted by molar-refractivity contribution is 5.93. The molecule has 0 amide bonds. The van der Waals surface area contributed by atoms with Crippen molar-refractivity contribution in [1.29, 1.82) is 0 Å². The first-order valence-corrected chi connectivity index (χ1v) is 9.72. The minimum Gasteiger partial charge on any atom is -0.491 e. The highest BCUT2D eigenvalue weighted by Crippen LogP contribution is 2.16. The van der Waals surface area contributed by atoms with Crippen LogP contribution in [0.15, 0.2) is 56.6 Å². The molecule has 3 rings (SSSR count). The number of guanidine groups is 1. The van der Waals surface area contributed by atoms with Gasteiger partial charge in [0.25, 0.3) is 0 Å². The largest absolute Gasteiger partial charge is 0.491 e. The maximum atomic E-state index is 5.69. The molecule has 8 heteroatoms. The molecule has 0 unspecified atom stereocenters. The van der Waals surface area contributed by atoms with Crippen LogP contribution < -0.4 is 15.4 Å². The third-order valence-corrected chi connectivity index (χ3v) is 3.90. The Labute approximate surface area is 170 Å². The zero-order chi connectivity index (χ0) is 20.5. The number of furan rings is 1. The van der Waals surface area contributed by atoms with Gasteiger partial charge < -0.3 is 24.3 Å². The number of anilines is 1. The number of hydrogen-bond donors (Lipinski definition) is 2. The molecule has 0 bridgehead atoms. The van der Waals surface area contributed by atoms with Crippen LogP contribution in [0.2, 0.25) is 0 Å². The van der Waals surface area contributed by atoms with Gasteiger partial charge in [-0.1, -0.05) is 5.16 Å². The number of benzene rings is 1. The van der Waals surface area contributed by atoms with Crippen molar-refractivity contribution in [3.8, 4) is 5.75 Å². The first-order valence-electron chi connectivity index (χ1n) is 9.72. The van der Waals surface area contributed by atoms with E-state index in [1.54, 1.807) is 13.2 Å². The number of aryl methyl sites for hydroxylation is 1. The van der Waals surface area contributed by atoms with Gasteiger partial charge in [-0.15, -0.1) is 0 Å². The first kappa shape index (κ1) is 20.4. The lowest BCUT2D eigenvalue weighted by atomic mass is 10.3. The standard InChI is InChI=1S/C21H27N5O3/c1-15(2)28-19-8-6-17(7-9-19)25-21(22-12-10-18-5-4-14-27-18)23-13-11-20-24-16(3)26-29-20/h4-9,14-15H,10-13H2,1-3H3,(H2,22,23,25). The van der Waals surface area contributed by atoms with Crippen LogP contribution in [0.3, 0.4) is 0 Å². The molecule has 0 saturated carbocycles. The highest BCUT2D eigenvalue weighted by Gasteiger charge is 2.05. The maximum absolute atomic E-state index is 5.69. The SMILES string of the molecule is Cc1noc(CCN=C(NCCc2ccco2)Nc2ccc(OC(C)C)cc2)n1. The zero-order valence-electron chi connectivity index (χ0n) is 17.0. The molecule has 2 aromatic heterocycles. The number of ether oxygens (including phenoxy) is 1. The van der Waals surface area contributed by atoms with Crippen molar-refractivity contribution in [3.05, 3.63) is 60.1 Å². The molecule has 2 N–H and O–H groups in total. The van der Waals surface area contributed by atoms with Crippen LogP contribution in [-0.4, -0.2) is 35.3 Å². The van der Waals surface area contributed by atoms with Crippen molar-refractivity contribution in [2.45, 2.75) is 39.7 Å². The number of nitrogens with one attached hydrogen (secondary N) is 2. The number of aromatic nitrogens is 2. The summed E-state index contributed by atoms with van der Waals surface area (Å²) < 4.78 is 16.2. The zero-order valence-corrected chi connectivity index (χ0v) is 17.0. The molecule has 2 heterocycles. The normalized spacial score (nSPS) is 11.7. The third kappa shape index (κ3) is 6.99. The van der Waals surface area contributed by atoms with Crippen LogP contribution in [0.4, 0.5) is 5.69 Å². The van der Waals surface area contributed by atoms with Crippen molar-refractivity contribution < 1.29 is 13.7 Å². The van der Waals surface area contributed by atoms with E-state index >= 15 is 0 Å². The molecular weight excluding hydrogens is 370 g/mol. The molecule has 0 fully saturated rings. The molecule has 0 aliphatic heterocycles. The van der Waals surface area contributed by atoms with E-state index in [2.05, 4.69) is 25.8 Å². The molecule has 1 aromatic carbocycles. The predicted octanol–water partition coefficient (Wildman–Crippen LogP) is 3.60. The lowest BCUT2D eigenvalue weighted by Crippen LogP contribution is -2.32. The number of nitrogens with zero attached hydrogens (tertiary/aromatic N) is 3. The van der Waals surface area contributed by atoms with Gasteiger partial charge in [-0.3, -0.25) is 4.99 Å². The van der Waals surface area contributed by atoms with E-state index < -0.39 is 0 Å². The fourth-order valence-corrected chi connectivity index (χ4v) is 2.63.